The van der Waals surface area contributed by atoms with E-state index >= 15 is 0 Å². The Labute approximate surface area is 165 Å². The number of likely N-dealkylation sites (tertiary alicyclic amines) is 1. The van der Waals surface area contributed by atoms with Gasteiger partial charge in [0, 0.05) is 24.3 Å². The molecule has 1 atom stereocenters. The number of anilines is 2. The maximum absolute atomic E-state index is 13.1. The van der Waals surface area contributed by atoms with Crippen LogP contribution in [0.2, 0.25) is 0 Å². The van der Waals surface area contributed by atoms with E-state index in [1.165, 1.54) is 7.11 Å². The number of hydrogen-bond donors (Lipinski definition) is 1. The molecule has 3 rings (SSSR count). The summed E-state index contributed by atoms with van der Waals surface area (Å²) in [6, 6.07) is 8.88. The molecule has 1 aliphatic heterocycles. The number of aromatic nitrogens is 2. The normalized spacial score (nSPS) is 16.5. The second-order valence-electron chi connectivity index (χ2n) is 6.94. The fraction of sp³-hybridized carbons (Fsp3) is 0.429. The molecule has 2 heterocycles. The monoisotopic (exact) mass is 382 g/mol. The van der Waals surface area contributed by atoms with Crippen molar-refractivity contribution < 1.29 is 14.3 Å². The predicted molar refractivity (Wildman–Crippen MR) is 107 cm³/mol. The van der Waals surface area contributed by atoms with Crippen LogP contribution in [-0.4, -0.2) is 46.4 Å². The summed E-state index contributed by atoms with van der Waals surface area (Å²) in [4.78, 5) is 35.5. The number of carbonyl (C=O) groups is 2. The van der Waals surface area contributed by atoms with E-state index in [9.17, 15) is 9.59 Å². The summed E-state index contributed by atoms with van der Waals surface area (Å²) in [6.07, 6.45) is 4.17. The molecule has 1 saturated heterocycles. The average molecular weight is 382 g/mol. The molecule has 1 amide bonds. The zero-order valence-electron chi connectivity index (χ0n) is 16.6. The van der Waals surface area contributed by atoms with E-state index in [2.05, 4.69) is 22.2 Å². The SMILES string of the molecule is CCC1CCCCN1C(=O)c1cc(Nc2cccc(C(=O)OC)c2)nc(C)n1. The summed E-state index contributed by atoms with van der Waals surface area (Å²) in [7, 11) is 1.35. The first-order valence-corrected chi connectivity index (χ1v) is 9.64. The number of aryl methyl sites for hydroxylation is 1. The van der Waals surface area contributed by atoms with Gasteiger partial charge < -0.3 is 15.0 Å². The van der Waals surface area contributed by atoms with E-state index in [4.69, 9.17) is 4.74 Å². The van der Waals surface area contributed by atoms with E-state index in [-0.39, 0.29) is 11.9 Å². The van der Waals surface area contributed by atoms with Gasteiger partial charge >= 0.3 is 5.97 Å². The molecule has 7 nitrogen and oxygen atoms in total. The van der Waals surface area contributed by atoms with Gasteiger partial charge in [-0.15, -0.1) is 0 Å². The van der Waals surface area contributed by atoms with Gasteiger partial charge in [0.05, 0.1) is 12.7 Å². The van der Waals surface area contributed by atoms with Crippen LogP contribution < -0.4 is 5.32 Å². The number of methoxy groups -OCH3 is 1. The van der Waals surface area contributed by atoms with Crippen LogP contribution in [0, 0.1) is 6.92 Å². The molecule has 0 bridgehead atoms. The molecule has 1 aromatic carbocycles. The minimum atomic E-state index is -0.408. The predicted octanol–water partition coefficient (Wildman–Crippen LogP) is 3.72. The Morgan fingerprint density at radius 2 is 2.07 bits per heavy atom. The van der Waals surface area contributed by atoms with Crippen molar-refractivity contribution in [1.82, 2.24) is 14.9 Å². The standard InChI is InChI=1S/C21H26N4O3/c1-4-17-10-5-6-11-25(17)20(26)18-13-19(23-14(2)22-18)24-16-9-7-8-15(12-16)21(27)28-3/h7-9,12-13,17H,4-6,10-11H2,1-3H3,(H,22,23,24). The number of hydrogen-bond acceptors (Lipinski definition) is 6. The summed E-state index contributed by atoms with van der Waals surface area (Å²) in [6.45, 7) is 4.65. The Bertz CT molecular complexity index is 868. The molecule has 2 aromatic rings. The Morgan fingerprint density at radius 1 is 1.25 bits per heavy atom. The highest BCUT2D eigenvalue weighted by Gasteiger charge is 2.27. The second kappa shape index (κ2) is 8.82. The quantitative estimate of drug-likeness (QED) is 0.794. The molecule has 0 radical (unpaired) electrons. The Balaban J connectivity index is 1.83. The maximum Gasteiger partial charge on any atom is 0.337 e. The van der Waals surface area contributed by atoms with Crippen LogP contribution in [0.1, 0.15) is 59.3 Å². The molecule has 0 saturated carbocycles. The minimum Gasteiger partial charge on any atom is -0.465 e. The highest BCUT2D eigenvalue weighted by atomic mass is 16.5. The van der Waals surface area contributed by atoms with Crippen molar-refractivity contribution >= 4 is 23.4 Å². The van der Waals surface area contributed by atoms with Crippen LogP contribution in [0.25, 0.3) is 0 Å². The van der Waals surface area contributed by atoms with Crippen LogP contribution in [0.5, 0.6) is 0 Å². The highest BCUT2D eigenvalue weighted by molar-refractivity contribution is 5.93. The summed E-state index contributed by atoms with van der Waals surface area (Å²) >= 11 is 0. The van der Waals surface area contributed by atoms with E-state index in [1.54, 1.807) is 31.2 Å². The summed E-state index contributed by atoms with van der Waals surface area (Å²) in [5.41, 5.74) is 1.51. The second-order valence-corrected chi connectivity index (χ2v) is 6.94. The molecular formula is C21H26N4O3. The molecule has 1 N–H and O–H groups in total. The number of ether oxygens (including phenoxy) is 1. The van der Waals surface area contributed by atoms with E-state index in [1.807, 2.05) is 11.0 Å². The van der Waals surface area contributed by atoms with Crippen LogP contribution in [0.3, 0.4) is 0 Å². The van der Waals surface area contributed by atoms with Crippen molar-refractivity contribution in [3.05, 3.63) is 47.4 Å². The van der Waals surface area contributed by atoms with Crippen molar-refractivity contribution in [1.29, 1.82) is 0 Å². The first-order chi connectivity index (χ1) is 13.5. The molecule has 1 unspecified atom stereocenters. The molecule has 1 aromatic heterocycles. The minimum absolute atomic E-state index is 0.0524. The number of piperidine rings is 1. The molecule has 148 valence electrons. The third-order valence-corrected chi connectivity index (χ3v) is 4.97. The number of esters is 1. The van der Waals surface area contributed by atoms with Gasteiger partial charge in [0.2, 0.25) is 0 Å². The number of rotatable bonds is 5. The molecule has 0 aliphatic carbocycles. The van der Waals surface area contributed by atoms with Crippen molar-refractivity contribution in [2.45, 2.75) is 45.6 Å². The van der Waals surface area contributed by atoms with Gasteiger partial charge in [0.15, 0.2) is 0 Å². The summed E-state index contributed by atoms with van der Waals surface area (Å²) < 4.78 is 4.76. The van der Waals surface area contributed by atoms with Crippen molar-refractivity contribution in [2.75, 3.05) is 19.0 Å². The lowest BCUT2D eigenvalue weighted by Crippen LogP contribution is -2.43. The molecule has 1 aliphatic rings. The molecule has 1 fully saturated rings. The first kappa shape index (κ1) is 19.8. The topological polar surface area (TPSA) is 84.4 Å². The number of amides is 1. The van der Waals surface area contributed by atoms with Gasteiger partial charge in [-0.3, -0.25) is 4.79 Å². The number of carbonyl (C=O) groups excluding carboxylic acids is 2. The third kappa shape index (κ3) is 4.47. The summed E-state index contributed by atoms with van der Waals surface area (Å²) in [5.74, 6) is 0.572. The fourth-order valence-corrected chi connectivity index (χ4v) is 3.57. The van der Waals surface area contributed by atoms with Gasteiger partial charge in [-0.2, -0.15) is 0 Å². The summed E-state index contributed by atoms with van der Waals surface area (Å²) in [5, 5.41) is 3.16. The first-order valence-electron chi connectivity index (χ1n) is 9.64. The van der Waals surface area contributed by atoms with Crippen LogP contribution in [0.15, 0.2) is 30.3 Å². The van der Waals surface area contributed by atoms with Crippen LogP contribution >= 0.6 is 0 Å². The van der Waals surface area contributed by atoms with Crippen LogP contribution in [0.4, 0.5) is 11.5 Å². The zero-order valence-corrected chi connectivity index (χ0v) is 16.6. The third-order valence-electron chi connectivity index (χ3n) is 4.97. The van der Waals surface area contributed by atoms with Gasteiger partial charge in [0.25, 0.3) is 5.91 Å². The van der Waals surface area contributed by atoms with Gasteiger partial charge in [-0.25, -0.2) is 14.8 Å². The van der Waals surface area contributed by atoms with Gasteiger partial charge in [-0.05, 0) is 50.8 Å². The fourth-order valence-electron chi connectivity index (χ4n) is 3.57. The molecular weight excluding hydrogens is 356 g/mol. The van der Waals surface area contributed by atoms with Crippen molar-refractivity contribution in [3.63, 3.8) is 0 Å². The van der Waals surface area contributed by atoms with E-state index < -0.39 is 5.97 Å². The highest BCUT2D eigenvalue weighted by Crippen LogP contribution is 2.23. The lowest BCUT2D eigenvalue weighted by atomic mass is 9.99. The Kier molecular flexibility index (Phi) is 6.23. The van der Waals surface area contributed by atoms with Gasteiger partial charge in [0.1, 0.15) is 17.3 Å². The van der Waals surface area contributed by atoms with Crippen molar-refractivity contribution in [2.24, 2.45) is 0 Å². The number of nitrogens with one attached hydrogen (secondary N) is 1. The molecule has 0 spiro atoms. The van der Waals surface area contributed by atoms with E-state index in [0.717, 1.165) is 32.2 Å². The Hall–Kier alpha value is -2.96. The van der Waals surface area contributed by atoms with Crippen molar-refractivity contribution in [3.8, 4) is 0 Å². The molecule has 7 heteroatoms. The average Bonchev–Trinajstić information content (AvgIpc) is 2.72. The number of benzene rings is 1. The molecule has 28 heavy (non-hydrogen) atoms. The lowest BCUT2D eigenvalue weighted by Gasteiger charge is -2.35. The van der Waals surface area contributed by atoms with Gasteiger partial charge in [-0.1, -0.05) is 13.0 Å². The van der Waals surface area contributed by atoms with E-state index in [0.29, 0.717) is 28.6 Å². The van der Waals surface area contributed by atoms with Crippen LogP contribution in [-0.2, 0) is 4.74 Å². The zero-order chi connectivity index (χ0) is 20.1. The smallest absolute Gasteiger partial charge is 0.337 e. The number of nitrogens with zero attached hydrogens (tertiary/aromatic N) is 3. The Morgan fingerprint density at radius 3 is 2.82 bits per heavy atom. The maximum atomic E-state index is 13.1. The lowest BCUT2D eigenvalue weighted by molar-refractivity contribution is 0.0593. The largest absolute Gasteiger partial charge is 0.465 e.